The zero-order valence-electron chi connectivity index (χ0n) is 24.5. The summed E-state index contributed by atoms with van der Waals surface area (Å²) in [5, 5.41) is 4.87. The highest BCUT2D eigenvalue weighted by atomic mass is 16.5. The molecule has 0 atom stereocenters. The molecule has 4 aromatic heterocycles. The lowest BCUT2D eigenvalue weighted by Crippen LogP contribution is -2.08. The van der Waals surface area contributed by atoms with Crippen LogP contribution in [0.4, 0.5) is 0 Å². The maximum atomic E-state index is 12.4. The molecule has 0 aliphatic rings. The van der Waals surface area contributed by atoms with Crippen molar-refractivity contribution in [1.29, 1.82) is 0 Å². The van der Waals surface area contributed by atoms with Crippen molar-refractivity contribution in [3.63, 3.8) is 0 Å². The van der Waals surface area contributed by atoms with Crippen molar-refractivity contribution >= 4 is 49.6 Å². The van der Waals surface area contributed by atoms with E-state index in [-0.39, 0.29) is 5.97 Å². The molecular formula is C35H38N4O2. The summed E-state index contributed by atoms with van der Waals surface area (Å²) in [5.74, 6) is -0.366. The van der Waals surface area contributed by atoms with Crippen molar-refractivity contribution in [2.45, 2.75) is 72.9 Å². The lowest BCUT2D eigenvalue weighted by atomic mass is 10.1. The van der Waals surface area contributed by atoms with Crippen LogP contribution in [0.3, 0.4) is 0 Å². The minimum absolute atomic E-state index is 0.340. The molecule has 6 aromatic rings. The number of fused-ring (bicyclic) bond motifs is 6. The van der Waals surface area contributed by atoms with Crippen LogP contribution in [0, 0.1) is 13.8 Å². The third-order valence-electron chi connectivity index (χ3n) is 8.26. The molecule has 0 spiro atoms. The second-order valence-corrected chi connectivity index (χ2v) is 10.9. The summed E-state index contributed by atoms with van der Waals surface area (Å²) in [4.78, 5) is 22.0. The van der Waals surface area contributed by atoms with Gasteiger partial charge in [-0.05, 0) is 64.3 Å². The molecule has 0 saturated heterocycles. The van der Waals surface area contributed by atoms with Gasteiger partial charge in [-0.25, -0.2) is 9.78 Å². The van der Waals surface area contributed by atoms with Gasteiger partial charge in [-0.2, -0.15) is 0 Å². The Kier molecular flexibility index (Phi) is 7.48. The van der Waals surface area contributed by atoms with Crippen LogP contribution in [0.1, 0.15) is 67.1 Å². The molecule has 0 unspecified atom stereocenters. The number of hydrogen-bond donors (Lipinski definition) is 0. The second kappa shape index (κ2) is 11.4. The molecule has 0 N–H and O–H groups in total. The summed E-state index contributed by atoms with van der Waals surface area (Å²) in [7, 11) is 0. The van der Waals surface area contributed by atoms with E-state index in [9.17, 15) is 4.79 Å². The molecule has 0 bridgehead atoms. The first-order valence-corrected chi connectivity index (χ1v) is 14.9. The van der Waals surface area contributed by atoms with Crippen LogP contribution in [0.2, 0.25) is 0 Å². The first-order chi connectivity index (χ1) is 20.0. The van der Waals surface area contributed by atoms with Crippen molar-refractivity contribution in [2.24, 2.45) is 0 Å². The van der Waals surface area contributed by atoms with E-state index in [0.29, 0.717) is 12.3 Å². The number of pyridine rings is 2. The van der Waals surface area contributed by atoms with Gasteiger partial charge in [-0.1, -0.05) is 56.2 Å². The highest BCUT2D eigenvalue weighted by Crippen LogP contribution is 2.33. The third kappa shape index (κ3) is 4.86. The van der Waals surface area contributed by atoms with E-state index in [2.05, 4.69) is 82.6 Å². The Morgan fingerprint density at radius 2 is 1.24 bits per heavy atom. The van der Waals surface area contributed by atoms with Gasteiger partial charge in [0.05, 0.1) is 29.0 Å². The normalized spacial score (nSPS) is 11.8. The molecule has 0 saturated carbocycles. The van der Waals surface area contributed by atoms with Crippen molar-refractivity contribution in [2.75, 3.05) is 6.61 Å². The highest BCUT2D eigenvalue weighted by Gasteiger charge is 2.18. The third-order valence-corrected chi connectivity index (χ3v) is 8.26. The van der Waals surface area contributed by atoms with Crippen LogP contribution in [0.5, 0.6) is 0 Å². The predicted molar refractivity (Wildman–Crippen MR) is 168 cm³/mol. The smallest absolute Gasteiger partial charge is 0.356 e. The fraction of sp³-hybridized carbons (Fsp3) is 0.343. The molecule has 0 fully saturated rings. The quantitative estimate of drug-likeness (QED) is 0.128. The molecule has 6 rings (SSSR count). The number of unbranched alkanes of at least 4 members (excludes halogenated alkanes) is 3. The van der Waals surface area contributed by atoms with Gasteiger partial charge in [0.15, 0.2) is 0 Å². The molecule has 2 aromatic carbocycles. The number of para-hydroxylation sites is 2. The molecule has 0 aliphatic carbocycles. The number of hydrogen-bond acceptors (Lipinski definition) is 4. The number of nitrogens with zero attached hydrogens (tertiary/aromatic N) is 4. The van der Waals surface area contributed by atoms with Gasteiger partial charge in [-0.3, -0.25) is 4.98 Å². The summed E-state index contributed by atoms with van der Waals surface area (Å²) < 4.78 is 10.1. The van der Waals surface area contributed by atoms with Crippen LogP contribution in [0.25, 0.3) is 43.6 Å². The number of ether oxygens (including phenoxy) is 1. The fourth-order valence-corrected chi connectivity index (χ4v) is 6.45. The lowest BCUT2D eigenvalue weighted by molar-refractivity contribution is 0.0519. The number of benzene rings is 2. The van der Waals surface area contributed by atoms with Crippen molar-refractivity contribution in [3.05, 3.63) is 83.4 Å². The van der Waals surface area contributed by atoms with E-state index in [0.717, 1.165) is 78.6 Å². The molecule has 41 heavy (non-hydrogen) atoms. The van der Waals surface area contributed by atoms with E-state index < -0.39 is 0 Å². The molecule has 6 nitrogen and oxygen atoms in total. The molecule has 210 valence electrons. The molecular weight excluding hydrogens is 508 g/mol. The Labute approximate surface area is 241 Å². The van der Waals surface area contributed by atoms with Crippen molar-refractivity contribution < 1.29 is 9.53 Å². The van der Waals surface area contributed by atoms with Crippen molar-refractivity contribution in [1.82, 2.24) is 19.1 Å². The van der Waals surface area contributed by atoms with E-state index in [1.807, 2.05) is 19.9 Å². The topological polar surface area (TPSA) is 61.9 Å². The first-order valence-electron chi connectivity index (χ1n) is 14.9. The summed E-state index contributed by atoms with van der Waals surface area (Å²) in [6.07, 6.45) is 5.47. The molecule has 0 aliphatic heterocycles. The van der Waals surface area contributed by atoms with Crippen LogP contribution in [-0.2, 0) is 24.2 Å². The Morgan fingerprint density at radius 3 is 1.80 bits per heavy atom. The van der Waals surface area contributed by atoms with Gasteiger partial charge < -0.3 is 13.9 Å². The average molecular weight is 547 g/mol. The summed E-state index contributed by atoms with van der Waals surface area (Å²) in [6.45, 7) is 10.4. The lowest BCUT2D eigenvalue weighted by Gasteiger charge is -2.11. The summed E-state index contributed by atoms with van der Waals surface area (Å²) in [6, 6.07) is 21.4. The first kappa shape index (κ1) is 27.0. The molecule has 4 heterocycles. The van der Waals surface area contributed by atoms with Crippen molar-refractivity contribution in [3.8, 4) is 0 Å². The van der Waals surface area contributed by atoms with E-state index in [1.54, 1.807) is 0 Å². The monoisotopic (exact) mass is 546 g/mol. The highest BCUT2D eigenvalue weighted by molar-refractivity contribution is 6.10. The number of esters is 1. The van der Waals surface area contributed by atoms with Gasteiger partial charge in [0.2, 0.25) is 0 Å². The average Bonchev–Trinajstić information content (AvgIpc) is 3.48. The zero-order valence-corrected chi connectivity index (χ0v) is 24.5. The van der Waals surface area contributed by atoms with Crippen LogP contribution < -0.4 is 0 Å². The van der Waals surface area contributed by atoms with E-state index in [1.165, 1.54) is 27.3 Å². The number of carbonyl (C=O) groups is 1. The van der Waals surface area contributed by atoms with E-state index >= 15 is 0 Å². The number of aryl methyl sites for hydroxylation is 5. The zero-order chi connectivity index (χ0) is 28.5. The van der Waals surface area contributed by atoms with Gasteiger partial charge >= 0.3 is 5.97 Å². The number of aromatic nitrogens is 4. The van der Waals surface area contributed by atoms with Gasteiger partial charge in [0.25, 0.3) is 0 Å². The maximum absolute atomic E-state index is 12.4. The predicted octanol–water partition coefficient (Wildman–Crippen LogP) is 8.31. The van der Waals surface area contributed by atoms with Gasteiger partial charge in [0.1, 0.15) is 5.69 Å². The Bertz CT molecular complexity index is 1900. The fourth-order valence-electron chi connectivity index (χ4n) is 6.45. The van der Waals surface area contributed by atoms with Crippen LogP contribution >= 0.6 is 0 Å². The minimum atomic E-state index is -0.366. The largest absolute Gasteiger partial charge is 0.461 e. The minimum Gasteiger partial charge on any atom is -0.461 e. The second-order valence-electron chi connectivity index (χ2n) is 10.9. The Morgan fingerprint density at radius 1 is 0.707 bits per heavy atom. The van der Waals surface area contributed by atoms with E-state index in [4.69, 9.17) is 9.72 Å². The van der Waals surface area contributed by atoms with Gasteiger partial charge in [0, 0.05) is 51.4 Å². The number of carbonyl (C=O) groups excluding carboxylic acids is 1. The van der Waals surface area contributed by atoms with Gasteiger partial charge in [-0.15, -0.1) is 0 Å². The summed E-state index contributed by atoms with van der Waals surface area (Å²) in [5.41, 5.74) is 8.40. The molecule has 0 amide bonds. The standard InChI is InChI=1S/C35H38N4O2/c1-5-25-21-28-26-15-9-11-17-31(26)38(33(28)23(3)36-25)19-13-7-8-14-20-39-32-18-12-10-16-27(32)29-22-30(35(40)41-6-2)37-24(4)34(29)39/h9-12,15-18,21-22H,5-8,13-14,19-20H2,1-4H3. The van der Waals surface area contributed by atoms with Crippen LogP contribution in [0.15, 0.2) is 60.7 Å². The maximum Gasteiger partial charge on any atom is 0.356 e. The van der Waals surface area contributed by atoms with Crippen LogP contribution in [-0.4, -0.2) is 31.7 Å². The Hall–Kier alpha value is -4.19. The molecule has 0 radical (unpaired) electrons. The number of rotatable bonds is 10. The Balaban J connectivity index is 1.18. The summed E-state index contributed by atoms with van der Waals surface area (Å²) >= 11 is 0. The SMILES string of the molecule is CCOC(=O)c1cc2c3ccccc3n(CCCCCCn3c4ccccc4c4cc(CC)nc(C)c43)c2c(C)n1. The molecule has 6 heteroatoms.